The predicted molar refractivity (Wildman–Crippen MR) is 102 cm³/mol. The van der Waals surface area contributed by atoms with Gasteiger partial charge in [0, 0.05) is 17.7 Å². The Labute approximate surface area is 160 Å². The molecule has 0 aliphatic heterocycles. The zero-order valence-corrected chi connectivity index (χ0v) is 16.3. The monoisotopic (exact) mass is 434 g/mol. The molecule has 0 saturated heterocycles. The third kappa shape index (κ3) is 3.70. The van der Waals surface area contributed by atoms with Gasteiger partial charge >= 0.3 is 0 Å². The molecule has 0 amide bonds. The zero-order chi connectivity index (χ0) is 18.7. The number of rotatable bonds is 5. The highest BCUT2D eigenvalue weighted by atomic mass is 79.9. The number of hydrogen-bond acceptors (Lipinski definition) is 3. The van der Waals surface area contributed by atoms with Crippen LogP contribution in [0.5, 0.6) is 0 Å². The molecule has 0 radical (unpaired) electrons. The molecule has 1 aromatic heterocycles. The Bertz CT molecular complexity index is 959. The first-order chi connectivity index (χ1) is 12.4. The lowest BCUT2D eigenvalue weighted by Gasteiger charge is -2.28. The number of nitrogens with zero attached hydrogens (tertiary/aromatic N) is 2. The van der Waals surface area contributed by atoms with Crippen LogP contribution in [0.15, 0.2) is 82.3 Å². The molecule has 3 aromatic rings. The van der Waals surface area contributed by atoms with Crippen LogP contribution in [0.3, 0.4) is 0 Å². The molecule has 4 nitrogen and oxygen atoms in total. The topological polar surface area (TPSA) is 50.3 Å². The smallest absolute Gasteiger partial charge is 0.244 e. The van der Waals surface area contributed by atoms with Gasteiger partial charge in [0.05, 0.1) is 16.6 Å². The predicted octanol–water partition coefficient (Wildman–Crippen LogP) is 4.39. The van der Waals surface area contributed by atoms with E-state index in [9.17, 15) is 12.8 Å². The van der Waals surface area contributed by atoms with Crippen molar-refractivity contribution < 1.29 is 12.8 Å². The number of benzene rings is 2. The van der Waals surface area contributed by atoms with E-state index in [-0.39, 0.29) is 9.37 Å². The van der Waals surface area contributed by atoms with E-state index in [1.807, 2.05) is 36.4 Å². The minimum atomic E-state index is -3.90. The van der Waals surface area contributed by atoms with Crippen LogP contribution in [-0.2, 0) is 10.0 Å². The summed E-state index contributed by atoms with van der Waals surface area (Å²) in [4.78, 5) is 4.34. The van der Waals surface area contributed by atoms with Gasteiger partial charge in [-0.2, -0.15) is 4.31 Å². The van der Waals surface area contributed by atoms with Gasteiger partial charge in [0.15, 0.2) is 0 Å². The Morgan fingerprint density at radius 3 is 2.35 bits per heavy atom. The summed E-state index contributed by atoms with van der Waals surface area (Å²) in [6.45, 7) is 0. The summed E-state index contributed by atoms with van der Waals surface area (Å²) in [7, 11) is -2.40. The Kier molecular flexibility index (Phi) is 5.50. The van der Waals surface area contributed by atoms with Crippen LogP contribution in [0.2, 0.25) is 0 Å². The van der Waals surface area contributed by atoms with E-state index in [0.717, 1.165) is 17.7 Å². The van der Waals surface area contributed by atoms with E-state index < -0.39 is 21.9 Å². The van der Waals surface area contributed by atoms with Crippen molar-refractivity contribution in [2.24, 2.45) is 0 Å². The van der Waals surface area contributed by atoms with Gasteiger partial charge in [-0.3, -0.25) is 4.98 Å². The first-order valence-electron chi connectivity index (χ1n) is 7.80. The summed E-state index contributed by atoms with van der Waals surface area (Å²) in [5.74, 6) is -0.511. The van der Waals surface area contributed by atoms with Crippen LogP contribution in [0, 0.1) is 5.82 Å². The zero-order valence-electron chi connectivity index (χ0n) is 13.9. The van der Waals surface area contributed by atoms with Crippen LogP contribution in [0.4, 0.5) is 4.39 Å². The largest absolute Gasteiger partial charge is 0.259 e. The normalized spacial score (nSPS) is 12.9. The molecule has 0 fully saturated rings. The van der Waals surface area contributed by atoms with Crippen molar-refractivity contribution in [2.75, 3.05) is 7.05 Å². The van der Waals surface area contributed by atoms with E-state index >= 15 is 0 Å². The average molecular weight is 435 g/mol. The Hall–Kier alpha value is -2.09. The van der Waals surface area contributed by atoms with E-state index in [0.29, 0.717) is 5.69 Å². The molecular weight excluding hydrogens is 419 g/mol. The van der Waals surface area contributed by atoms with Gasteiger partial charge in [0.1, 0.15) is 5.82 Å². The van der Waals surface area contributed by atoms with E-state index in [1.54, 1.807) is 18.3 Å². The van der Waals surface area contributed by atoms with Gasteiger partial charge in [-0.25, -0.2) is 12.8 Å². The molecule has 26 heavy (non-hydrogen) atoms. The number of aromatic nitrogens is 1. The summed E-state index contributed by atoms with van der Waals surface area (Å²) in [6.07, 6.45) is 1.62. The van der Waals surface area contributed by atoms with Gasteiger partial charge in [-0.1, -0.05) is 36.4 Å². The number of pyridine rings is 1. The maximum absolute atomic E-state index is 13.4. The van der Waals surface area contributed by atoms with Crippen LogP contribution in [0.25, 0.3) is 0 Å². The first-order valence-corrected chi connectivity index (χ1v) is 10.0. The van der Waals surface area contributed by atoms with Gasteiger partial charge in [0.25, 0.3) is 0 Å². The van der Waals surface area contributed by atoms with Crippen LogP contribution in [0.1, 0.15) is 17.3 Å². The molecule has 0 spiro atoms. The van der Waals surface area contributed by atoms with Crippen molar-refractivity contribution in [1.82, 2.24) is 9.29 Å². The fourth-order valence-corrected chi connectivity index (χ4v) is 5.05. The molecule has 3 rings (SSSR count). The van der Waals surface area contributed by atoms with Crippen molar-refractivity contribution >= 4 is 26.0 Å². The van der Waals surface area contributed by atoms with Gasteiger partial charge in [-0.05, 0) is 51.8 Å². The van der Waals surface area contributed by atoms with Crippen molar-refractivity contribution in [3.05, 3.63) is 94.5 Å². The summed E-state index contributed by atoms with van der Waals surface area (Å²) in [6, 6.07) is 17.5. The van der Waals surface area contributed by atoms with E-state index in [1.165, 1.54) is 17.4 Å². The summed E-state index contributed by atoms with van der Waals surface area (Å²) < 4.78 is 41.2. The molecule has 0 N–H and O–H groups in total. The van der Waals surface area contributed by atoms with E-state index in [2.05, 4.69) is 20.9 Å². The Morgan fingerprint density at radius 1 is 1.04 bits per heavy atom. The average Bonchev–Trinajstić information content (AvgIpc) is 2.63. The molecule has 7 heteroatoms. The van der Waals surface area contributed by atoms with Crippen LogP contribution >= 0.6 is 15.9 Å². The molecule has 0 aliphatic carbocycles. The summed E-state index contributed by atoms with van der Waals surface area (Å²) >= 11 is 3.15. The number of hydrogen-bond donors (Lipinski definition) is 0. The van der Waals surface area contributed by atoms with Gasteiger partial charge < -0.3 is 0 Å². The third-order valence-corrected chi connectivity index (χ3v) is 6.80. The minimum Gasteiger partial charge on any atom is -0.259 e. The fraction of sp³-hybridized carbons (Fsp3) is 0.105. The van der Waals surface area contributed by atoms with Gasteiger partial charge in [0.2, 0.25) is 10.0 Å². The maximum Gasteiger partial charge on any atom is 0.244 e. The van der Waals surface area contributed by atoms with E-state index in [4.69, 9.17) is 0 Å². The van der Waals surface area contributed by atoms with Crippen molar-refractivity contribution in [3.8, 4) is 0 Å². The Morgan fingerprint density at radius 2 is 1.73 bits per heavy atom. The quantitative estimate of drug-likeness (QED) is 0.597. The van der Waals surface area contributed by atoms with Crippen LogP contribution < -0.4 is 0 Å². The van der Waals surface area contributed by atoms with Crippen molar-refractivity contribution in [1.29, 1.82) is 0 Å². The summed E-state index contributed by atoms with van der Waals surface area (Å²) in [5.41, 5.74) is 1.39. The lowest BCUT2D eigenvalue weighted by molar-refractivity contribution is 0.411. The molecular formula is C19H16BrFN2O2S. The first kappa shape index (κ1) is 18.7. The number of halogens is 2. The second kappa shape index (κ2) is 7.65. The third-order valence-electron chi connectivity index (χ3n) is 4.00. The molecule has 1 heterocycles. The molecule has 1 atom stereocenters. The molecule has 2 aromatic carbocycles. The summed E-state index contributed by atoms with van der Waals surface area (Å²) in [5, 5.41) is 0. The SMILES string of the molecule is CN(C(c1ccccc1)c1ccccn1)S(=O)(=O)c1ccc(F)cc1Br. The molecule has 0 saturated carbocycles. The molecule has 0 bridgehead atoms. The van der Waals surface area contributed by atoms with Crippen LogP contribution in [-0.4, -0.2) is 24.8 Å². The van der Waals surface area contributed by atoms with Crippen molar-refractivity contribution in [3.63, 3.8) is 0 Å². The lowest BCUT2D eigenvalue weighted by atomic mass is 10.0. The Balaban J connectivity index is 2.12. The highest BCUT2D eigenvalue weighted by Crippen LogP contribution is 2.33. The number of sulfonamides is 1. The standard InChI is InChI=1S/C19H16BrFN2O2S/c1-23(26(24,25)18-11-10-15(21)13-16(18)20)19(14-7-3-2-4-8-14)17-9-5-6-12-22-17/h2-13,19H,1H3. The van der Waals surface area contributed by atoms with Gasteiger partial charge in [-0.15, -0.1) is 0 Å². The lowest BCUT2D eigenvalue weighted by Crippen LogP contribution is -2.32. The fourth-order valence-electron chi connectivity index (χ4n) is 2.72. The maximum atomic E-state index is 13.4. The molecule has 134 valence electrons. The molecule has 1 unspecified atom stereocenters. The van der Waals surface area contributed by atoms with Crippen molar-refractivity contribution in [2.45, 2.75) is 10.9 Å². The second-order valence-corrected chi connectivity index (χ2v) is 8.48. The minimum absolute atomic E-state index is 0.00161. The second-order valence-electron chi connectivity index (χ2n) is 5.66. The molecule has 0 aliphatic rings. The highest BCUT2D eigenvalue weighted by molar-refractivity contribution is 9.10. The highest BCUT2D eigenvalue weighted by Gasteiger charge is 2.32.